The van der Waals surface area contributed by atoms with Crippen LogP contribution in [-0.2, 0) is 19.1 Å². The zero-order chi connectivity index (χ0) is 18.9. The number of esters is 2. The fourth-order valence-corrected chi connectivity index (χ4v) is 3.71. The first-order valence-electron chi connectivity index (χ1n) is 8.84. The first-order chi connectivity index (χ1) is 11.6. The zero-order valence-corrected chi connectivity index (χ0v) is 15.4. The molecule has 0 spiro atoms. The molecule has 3 atom stereocenters. The fraction of sp³-hybridized carbons (Fsp3) is 0.684. The average molecular weight is 352 g/mol. The zero-order valence-electron chi connectivity index (χ0n) is 15.4. The van der Waals surface area contributed by atoms with Gasteiger partial charge in [0, 0.05) is 11.6 Å². The summed E-state index contributed by atoms with van der Waals surface area (Å²) in [6.45, 7) is 4.92. The Kier molecular flexibility index (Phi) is 5.44. The van der Waals surface area contributed by atoms with Gasteiger partial charge in [0.25, 0.3) is 0 Å². The molecule has 1 aliphatic heterocycles. The lowest BCUT2D eigenvalue weighted by molar-refractivity contribution is -0.227. The lowest BCUT2D eigenvalue weighted by Crippen LogP contribution is -2.71. The molecular weight excluding hydrogens is 324 g/mol. The quantitative estimate of drug-likeness (QED) is 0.539. The number of rotatable bonds is 7. The summed E-state index contributed by atoms with van der Waals surface area (Å²) in [5.74, 6) is -1.56. The van der Waals surface area contributed by atoms with E-state index in [1.165, 1.54) is 19.9 Å². The van der Waals surface area contributed by atoms with Crippen LogP contribution < -0.4 is 0 Å². The molecule has 2 rings (SSSR count). The summed E-state index contributed by atoms with van der Waals surface area (Å²) >= 11 is 0. The van der Waals surface area contributed by atoms with Gasteiger partial charge in [0.15, 0.2) is 5.60 Å². The Morgan fingerprint density at radius 1 is 1.16 bits per heavy atom. The summed E-state index contributed by atoms with van der Waals surface area (Å²) in [7, 11) is 1.16. The highest BCUT2D eigenvalue weighted by Gasteiger charge is 2.69. The van der Waals surface area contributed by atoms with Gasteiger partial charge in [-0.05, 0) is 32.3 Å². The number of unbranched alkanes of at least 4 members (excludes halogenated alkanes) is 4. The molecule has 0 saturated heterocycles. The molecule has 0 aromatic heterocycles. The first-order valence-corrected chi connectivity index (χ1v) is 8.84. The number of methoxy groups -OCH3 is 1. The second-order valence-electron chi connectivity index (χ2n) is 7.16. The van der Waals surface area contributed by atoms with E-state index in [1.54, 1.807) is 6.08 Å². The Balaban J connectivity index is 2.40. The van der Waals surface area contributed by atoms with Crippen LogP contribution in [0.5, 0.6) is 0 Å². The number of fused-ring (bicyclic) bond motifs is 1. The molecule has 2 aliphatic rings. The number of hydrogen-bond donors (Lipinski definition) is 2. The Morgan fingerprint density at radius 2 is 1.80 bits per heavy atom. The maximum atomic E-state index is 12.4. The summed E-state index contributed by atoms with van der Waals surface area (Å²) in [5, 5.41) is 22.4. The van der Waals surface area contributed by atoms with Gasteiger partial charge in [-0.3, -0.25) is 0 Å². The molecule has 0 radical (unpaired) electrons. The predicted molar refractivity (Wildman–Crippen MR) is 91.6 cm³/mol. The standard InChI is InChI=1S/C19H28O6/c1-5-6-7-8-9-10-13-11-14-12-15(20)25-17(14,2)18(3,22)19(13,23)16(21)24-4/h11-12,22-23H,5-10H2,1-4H3/t17-,18+,19-/m0/s1. The highest BCUT2D eigenvalue weighted by atomic mass is 16.6. The molecule has 140 valence electrons. The number of hydrogen-bond acceptors (Lipinski definition) is 6. The molecule has 6 heteroatoms. The van der Waals surface area contributed by atoms with Gasteiger partial charge in [-0.15, -0.1) is 0 Å². The van der Waals surface area contributed by atoms with Gasteiger partial charge in [-0.1, -0.05) is 38.7 Å². The lowest BCUT2D eigenvalue weighted by atomic mass is 9.61. The van der Waals surface area contributed by atoms with Gasteiger partial charge in [0.05, 0.1) is 7.11 Å². The van der Waals surface area contributed by atoms with E-state index in [0.717, 1.165) is 39.2 Å². The van der Waals surface area contributed by atoms with Crippen LogP contribution >= 0.6 is 0 Å². The van der Waals surface area contributed by atoms with Crippen molar-refractivity contribution in [3.05, 3.63) is 23.3 Å². The molecule has 0 saturated carbocycles. The van der Waals surface area contributed by atoms with E-state index in [4.69, 9.17) is 9.47 Å². The van der Waals surface area contributed by atoms with Gasteiger partial charge in [0.1, 0.15) is 5.60 Å². The van der Waals surface area contributed by atoms with Crippen LogP contribution in [0.2, 0.25) is 0 Å². The van der Waals surface area contributed by atoms with Gasteiger partial charge in [0.2, 0.25) is 5.60 Å². The summed E-state index contributed by atoms with van der Waals surface area (Å²) in [6.07, 6.45) is 8.35. The monoisotopic (exact) mass is 352 g/mol. The largest absolute Gasteiger partial charge is 0.467 e. The highest BCUT2D eigenvalue weighted by Crippen LogP contribution is 2.52. The molecule has 0 amide bonds. The topological polar surface area (TPSA) is 93.1 Å². The van der Waals surface area contributed by atoms with Crippen molar-refractivity contribution in [2.24, 2.45) is 0 Å². The minimum absolute atomic E-state index is 0.350. The first kappa shape index (κ1) is 19.7. The fourth-order valence-electron chi connectivity index (χ4n) is 3.71. The van der Waals surface area contributed by atoms with Crippen LogP contribution in [0.3, 0.4) is 0 Å². The molecule has 1 aliphatic carbocycles. The third kappa shape index (κ3) is 2.91. The van der Waals surface area contributed by atoms with Crippen molar-refractivity contribution in [2.75, 3.05) is 7.11 Å². The number of ether oxygens (including phenoxy) is 2. The molecule has 0 aromatic rings. The van der Waals surface area contributed by atoms with Gasteiger partial charge in [-0.25, -0.2) is 9.59 Å². The van der Waals surface area contributed by atoms with Crippen molar-refractivity contribution in [1.29, 1.82) is 0 Å². The van der Waals surface area contributed by atoms with Crippen LogP contribution in [-0.4, -0.2) is 46.1 Å². The normalized spacial score (nSPS) is 34.1. The Bertz CT molecular complexity index is 617. The van der Waals surface area contributed by atoms with Gasteiger partial charge >= 0.3 is 11.9 Å². The minimum atomic E-state index is -2.27. The Hall–Kier alpha value is -1.66. The average Bonchev–Trinajstić information content (AvgIpc) is 2.86. The number of aliphatic hydroxyl groups is 2. The van der Waals surface area contributed by atoms with Crippen LogP contribution in [0.4, 0.5) is 0 Å². The van der Waals surface area contributed by atoms with Crippen molar-refractivity contribution < 1.29 is 29.3 Å². The van der Waals surface area contributed by atoms with Gasteiger partial charge in [-0.2, -0.15) is 0 Å². The van der Waals surface area contributed by atoms with Gasteiger partial charge < -0.3 is 19.7 Å². The van der Waals surface area contributed by atoms with E-state index in [-0.39, 0.29) is 0 Å². The van der Waals surface area contributed by atoms with Crippen molar-refractivity contribution in [1.82, 2.24) is 0 Å². The molecule has 6 nitrogen and oxygen atoms in total. The van der Waals surface area contributed by atoms with Crippen molar-refractivity contribution in [3.63, 3.8) is 0 Å². The van der Waals surface area contributed by atoms with Crippen molar-refractivity contribution in [2.45, 2.75) is 76.1 Å². The lowest BCUT2D eigenvalue weighted by Gasteiger charge is -2.51. The van der Waals surface area contributed by atoms with E-state index < -0.39 is 28.7 Å². The molecule has 0 unspecified atom stereocenters. The minimum Gasteiger partial charge on any atom is -0.467 e. The van der Waals surface area contributed by atoms with Crippen LogP contribution in [0.15, 0.2) is 23.3 Å². The number of carbonyl (C=O) groups excluding carboxylic acids is 2. The Labute approximate surface area is 148 Å². The maximum Gasteiger partial charge on any atom is 0.345 e. The smallest absolute Gasteiger partial charge is 0.345 e. The van der Waals surface area contributed by atoms with E-state index >= 15 is 0 Å². The summed E-state index contributed by atoms with van der Waals surface area (Å²) < 4.78 is 10.0. The van der Waals surface area contributed by atoms with Crippen molar-refractivity contribution >= 4 is 11.9 Å². The molecule has 0 bridgehead atoms. The second kappa shape index (κ2) is 6.92. The summed E-state index contributed by atoms with van der Waals surface area (Å²) in [4.78, 5) is 24.2. The van der Waals surface area contributed by atoms with Crippen molar-refractivity contribution in [3.8, 4) is 0 Å². The van der Waals surface area contributed by atoms with Crippen LogP contribution in [0.25, 0.3) is 0 Å². The van der Waals surface area contributed by atoms with Crippen LogP contribution in [0.1, 0.15) is 59.3 Å². The third-order valence-corrected chi connectivity index (χ3v) is 5.59. The summed E-state index contributed by atoms with van der Waals surface area (Å²) in [6, 6.07) is 0. The van der Waals surface area contributed by atoms with E-state index in [1.807, 2.05) is 0 Å². The predicted octanol–water partition coefficient (Wildman–Crippen LogP) is 2.18. The highest BCUT2D eigenvalue weighted by molar-refractivity contribution is 5.92. The molecule has 0 aromatic carbocycles. The van der Waals surface area contributed by atoms with E-state index in [0.29, 0.717) is 17.6 Å². The Morgan fingerprint density at radius 3 is 2.40 bits per heavy atom. The molecule has 0 fully saturated rings. The van der Waals surface area contributed by atoms with Crippen LogP contribution in [0, 0.1) is 0 Å². The second-order valence-corrected chi connectivity index (χ2v) is 7.16. The SMILES string of the molecule is CCCCCCCC1=CC2=CC(=O)O[C@]2(C)[C@@](C)(O)[C@@]1(O)C(=O)OC. The molecule has 2 N–H and O–H groups in total. The summed E-state index contributed by atoms with van der Waals surface area (Å²) in [5.41, 5.74) is -5.04. The molecular formula is C19H28O6. The van der Waals surface area contributed by atoms with E-state index in [9.17, 15) is 19.8 Å². The molecule has 1 heterocycles. The van der Waals surface area contributed by atoms with E-state index in [2.05, 4.69) is 6.92 Å². The number of carbonyl (C=O) groups is 2. The third-order valence-electron chi connectivity index (χ3n) is 5.59. The molecule has 25 heavy (non-hydrogen) atoms. The maximum absolute atomic E-state index is 12.4.